The molecule has 1 N–H and O–H groups in total. The molecule has 2 aromatic heterocycles. The summed E-state index contributed by atoms with van der Waals surface area (Å²) in [6, 6.07) is 7.76. The lowest BCUT2D eigenvalue weighted by Gasteiger charge is -2.32. The van der Waals surface area contributed by atoms with Crippen LogP contribution in [0.4, 0.5) is 11.8 Å². The summed E-state index contributed by atoms with van der Waals surface area (Å²) >= 11 is 0. The van der Waals surface area contributed by atoms with E-state index in [-0.39, 0.29) is 5.92 Å². The van der Waals surface area contributed by atoms with Crippen molar-refractivity contribution < 1.29 is 8.42 Å². The standard InChI is InChI=1S/C18H26N6O2S/c1-13-12-14(2)20-18(19-13)22-17-7-5-6-16(21-17)15-8-10-24(11-9-15)27(25,26)23(3)4/h5-7,12,15H,8-11H2,1-4H3,(H,19,20,21,22). The number of nitrogens with one attached hydrogen (secondary N) is 1. The Hall–Kier alpha value is -2.10. The number of hydrogen-bond donors (Lipinski definition) is 1. The average molecular weight is 391 g/mol. The number of hydrogen-bond acceptors (Lipinski definition) is 6. The Morgan fingerprint density at radius 3 is 2.30 bits per heavy atom. The van der Waals surface area contributed by atoms with Crippen LogP contribution in [0.5, 0.6) is 0 Å². The van der Waals surface area contributed by atoms with Crippen molar-refractivity contribution in [3.05, 3.63) is 41.3 Å². The molecule has 1 aliphatic rings. The molecule has 3 heterocycles. The first-order chi connectivity index (χ1) is 12.8. The van der Waals surface area contributed by atoms with Crippen LogP contribution in [0.3, 0.4) is 0 Å². The van der Waals surface area contributed by atoms with Crippen LogP contribution in [-0.2, 0) is 10.2 Å². The second-order valence-electron chi connectivity index (χ2n) is 7.01. The molecule has 27 heavy (non-hydrogen) atoms. The van der Waals surface area contributed by atoms with Gasteiger partial charge in [0.2, 0.25) is 5.95 Å². The fourth-order valence-electron chi connectivity index (χ4n) is 3.26. The predicted molar refractivity (Wildman–Crippen MR) is 105 cm³/mol. The summed E-state index contributed by atoms with van der Waals surface area (Å²) in [5, 5.41) is 3.17. The van der Waals surface area contributed by atoms with Crippen LogP contribution in [0, 0.1) is 13.8 Å². The summed E-state index contributed by atoms with van der Waals surface area (Å²) in [7, 11) is -0.220. The molecule has 0 radical (unpaired) electrons. The van der Waals surface area contributed by atoms with Crippen molar-refractivity contribution in [1.29, 1.82) is 0 Å². The zero-order chi connectivity index (χ0) is 19.6. The van der Waals surface area contributed by atoms with Gasteiger partial charge in [0.1, 0.15) is 5.82 Å². The smallest absolute Gasteiger partial charge is 0.281 e. The molecule has 3 rings (SSSR count). The lowest BCUT2D eigenvalue weighted by molar-refractivity contribution is 0.300. The third kappa shape index (κ3) is 4.60. The second-order valence-corrected chi connectivity index (χ2v) is 9.15. The van der Waals surface area contributed by atoms with Crippen LogP contribution in [-0.4, -0.2) is 59.2 Å². The number of aryl methyl sites for hydroxylation is 2. The number of pyridine rings is 1. The Balaban J connectivity index is 1.70. The van der Waals surface area contributed by atoms with E-state index in [1.165, 1.54) is 8.61 Å². The van der Waals surface area contributed by atoms with E-state index < -0.39 is 10.2 Å². The van der Waals surface area contributed by atoms with Crippen molar-refractivity contribution in [2.45, 2.75) is 32.6 Å². The molecule has 0 saturated carbocycles. The van der Waals surface area contributed by atoms with E-state index in [0.717, 1.165) is 29.9 Å². The van der Waals surface area contributed by atoms with Crippen molar-refractivity contribution in [1.82, 2.24) is 23.6 Å². The molecule has 0 atom stereocenters. The van der Waals surface area contributed by atoms with Gasteiger partial charge < -0.3 is 5.32 Å². The molecule has 0 aliphatic carbocycles. The summed E-state index contributed by atoms with van der Waals surface area (Å²) < 4.78 is 27.3. The maximum absolute atomic E-state index is 12.3. The SMILES string of the molecule is Cc1cc(C)nc(Nc2cccc(C3CCN(S(=O)(=O)N(C)C)CC3)n2)n1. The van der Waals surface area contributed by atoms with Crippen LogP contribution in [0.15, 0.2) is 24.3 Å². The predicted octanol–water partition coefficient (Wildman–Crippen LogP) is 2.22. The Kier molecular flexibility index (Phi) is 5.73. The molecule has 1 saturated heterocycles. The van der Waals surface area contributed by atoms with Crippen LogP contribution in [0.1, 0.15) is 35.8 Å². The third-order valence-corrected chi connectivity index (χ3v) is 6.59. The van der Waals surface area contributed by atoms with Crippen molar-refractivity contribution in [2.24, 2.45) is 0 Å². The quantitative estimate of drug-likeness (QED) is 0.842. The van der Waals surface area contributed by atoms with Gasteiger partial charge in [0.15, 0.2) is 0 Å². The molecule has 0 aromatic carbocycles. The second kappa shape index (κ2) is 7.87. The van der Waals surface area contributed by atoms with Crippen LogP contribution in [0.2, 0.25) is 0 Å². The Labute approximate surface area is 160 Å². The van der Waals surface area contributed by atoms with Gasteiger partial charge in [-0.15, -0.1) is 0 Å². The van der Waals surface area contributed by atoms with Gasteiger partial charge in [-0.05, 0) is 44.9 Å². The first kappa shape index (κ1) is 19.7. The molecule has 0 amide bonds. The highest BCUT2D eigenvalue weighted by Gasteiger charge is 2.30. The number of aromatic nitrogens is 3. The third-order valence-electron chi connectivity index (χ3n) is 4.65. The number of anilines is 2. The van der Waals surface area contributed by atoms with Gasteiger partial charge in [0, 0.05) is 50.2 Å². The van der Waals surface area contributed by atoms with E-state index in [1.54, 1.807) is 14.1 Å². The van der Waals surface area contributed by atoms with E-state index in [1.807, 2.05) is 38.1 Å². The highest BCUT2D eigenvalue weighted by atomic mass is 32.2. The highest BCUT2D eigenvalue weighted by Crippen LogP contribution is 2.29. The largest absolute Gasteiger partial charge is 0.309 e. The van der Waals surface area contributed by atoms with E-state index in [4.69, 9.17) is 4.98 Å². The Morgan fingerprint density at radius 1 is 1.07 bits per heavy atom. The first-order valence-corrected chi connectivity index (χ1v) is 10.4. The summed E-state index contributed by atoms with van der Waals surface area (Å²) in [6.07, 6.45) is 1.51. The molecule has 1 aliphatic heterocycles. The van der Waals surface area contributed by atoms with Gasteiger partial charge in [0.05, 0.1) is 0 Å². The minimum absolute atomic E-state index is 0.237. The van der Waals surface area contributed by atoms with Gasteiger partial charge >= 0.3 is 0 Å². The summed E-state index contributed by atoms with van der Waals surface area (Å²) in [5.74, 6) is 1.46. The summed E-state index contributed by atoms with van der Waals surface area (Å²) in [5.41, 5.74) is 2.76. The van der Waals surface area contributed by atoms with Gasteiger partial charge in [-0.2, -0.15) is 17.0 Å². The number of piperidine rings is 1. The minimum atomic E-state index is -3.35. The molecule has 0 unspecified atom stereocenters. The van der Waals surface area contributed by atoms with E-state index in [0.29, 0.717) is 24.9 Å². The lowest BCUT2D eigenvalue weighted by Crippen LogP contribution is -2.44. The van der Waals surface area contributed by atoms with Gasteiger partial charge in [-0.25, -0.2) is 15.0 Å². The zero-order valence-electron chi connectivity index (χ0n) is 16.2. The summed E-state index contributed by atoms with van der Waals surface area (Å²) in [4.78, 5) is 13.5. The monoisotopic (exact) mass is 390 g/mol. The van der Waals surface area contributed by atoms with Crippen molar-refractivity contribution in [2.75, 3.05) is 32.5 Å². The molecule has 2 aromatic rings. The Morgan fingerprint density at radius 2 is 1.70 bits per heavy atom. The summed E-state index contributed by atoms with van der Waals surface area (Å²) in [6.45, 7) is 4.87. The molecule has 146 valence electrons. The number of rotatable bonds is 5. The fraction of sp³-hybridized carbons (Fsp3) is 0.500. The van der Waals surface area contributed by atoms with Crippen LogP contribution in [0.25, 0.3) is 0 Å². The lowest BCUT2D eigenvalue weighted by atomic mass is 9.94. The Bertz CT molecular complexity index is 888. The van der Waals surface area contributed by atoms with Crippen molar-refractivity contribution in [3.8, 4) is 0 Å². The maximum Gasteiger partial charge on any atom is 0.281 e. The van der Waals surface area contributed by atoms with Gasteiger partial charge in [-0.3, -0.25) is 0 Å². The van der Waals surface area contributed by atoms with Crippen LogP contribution < -0.4 is 5.32 Å². The molecule has 1 fully saturated rings. The zero-order valence-corrected chi connectivity index (χ0v) is 17.0. The molecule has 8 nitrogen and oxygen atoms in total. The van der Waals surface area contributed by atoms with Gasteiger partial charge in [0.25, 0.3) is 10.2 Å². The average Bonchev–Trinajstić information content (AvgIpc) is 2.61. The molecule has 0 bridgehead atoms. The maximum atomic E-state index is 12.3. The van der Waals surface area contributed by atoms with Crippen molar-refractivity contribution in [3.63, 3.8) is 0 Å². The van der Waals surface area contributed by atoms with E-state index in [9.17, 15) is 8.42 Å². The molecule has 0 spiro atoms. The normalized spacial score (nSPS) is 16.6. The molecule has 9 heteroatoms. The first-order valence-electron chi connectivity index (χ1n) is 8.99. The number of nitrogens with zero attached hydrogens (tertiary/aromatic N) is 5. The van der Waals surface area contributed by atoms with E-state index >= 15 is 0 Å². The fourth-order valence-corrected chi connectivity index (χ4v) is 4.39. The highest BCUT2D eigenvalue weighted by molar-refractivity contribution is 7.86. The van der Waals surface area contributed by atoms with Crippen LogP contribution >= 0.6 is 0 Å². The minimum Gasteiger partial charge on any atom is -0.309 e. The van der Waals surface area contributed by atoms with Crippen molar-refractivity contribution >= 4 is 22.0 Å². The topological polar surface area (TPSA) is 91.3 Å². The van der Waals surface area contributed by atoms with Gasteiger partial charge in [-0.1, -0.05) is 6.07 Å². The molecular formula is C18H26N6O2S. The molecular weight excluding hydrogens is 364 g/mol. The van der Waals surface area contributed by atoms with E-state index in [2.05, 4.69) is 15.3 Å².